The summed E-state index contributed by atoms with van der Waals surface area (Å²) in [5, 5.41) is 0. The fourth-order valence-electron chi connectivity index (χ4n) is 1.83. The van der Waals surface area contributed by atoms with E-state index >= 15 is 0 Å². The van der Waals surface area contributed by atoms with Gasteiger partial charge in [0, 0.05) is 39.4 Å². The molecule has 0 aliphatic rings. The van der Waals surface area contributed by atoms with Gasteiger partial charge in [-0.3, -0.25) is 4.90 Å². The Balaban J connectivity index is 3.86. The first-order valence-electron chi connectivity index (χ1n) is 7.38. The van der Waals surface area contributed by atoms with Crippen molar-refractivity contribution in [3.8, 4) is 0 Å². The summed E-state index contributed by atoms with van der Waals surface area (Å²) in [5.74, 6) is 0. The topological polar surface area (TPSA) is 24.9 Å². The Morgan fingerprint density at radius 3 is 1.44 bits per heavy atom. The lowest BCUT2D eigenvalue weighted by Gasteiger charge is -2.26. The highest BCUT2D eigenvalue weighted by Crippen LogP contribution is 1.94. The molecule has 0 aliphatic heterocycles. The van der Waals surface area contributed by atoms with Gasteiger partial charge in [-0.2, -0.15) is 0 Å². The van der Waals surface area contributed by atoms with Gasteiger partial charge in [-0.1, -0.05) is 13.8 Å². The van der Waals surface area contributed by atoms with Crippen LogP contribution < -0.4 is 0 Å². The summed E-state index contributed by atoms with van der Waals surface area (Å²) in [6.45, 7) is 18.2. The van der Waals surface area contributed by atoms with Crippen molar-refractivity contribution in [1.29, 1.82) is 0 Å². The van der Waals surface area contributed by atoms with Gasteiger partial charge in [0.25, 0.3) is 0 Å². The van der Waals surface area contributed by atoms with Crippen molar-refractivity contribution in [1.82, 2.24) is 9.80 Å². The number of nitrogens with zero attached hydrogens (tertiary/aromatic N) is 2. The largest absolute Gasteiger partial charge is 0.380 e. The van der Waals surface area contributed by atoms with E-state index in [9.17, 15) is 0 Å². The summed E-state index contributed by atoms with van der Waals surface area (Å²) in [4.78, 5) is 4.89. The van der Waals surface area contributed by atoms with E-state index in [2.05, 4.69) is 23.6 Å². The van der Waals surface area contributed by atoms with E-state index in [0.29, 0.717) is 0 Å². The molecular formula is C14H32N2O2. The molecule has 0 radical (unpaired) electrons. The van der Waals surface area contributed by atoms with Crippen LogP contribution in [0.15, 0.2) is 0 Å². The first-order valence-corrected chi connectivity index (χ1v) is 7.38. The SMILES string of the molecule is CCOCCN(CCOCC)CCN(CC)CC. The summed E-state index contributed by atoms with van der Waals surface area (Å²) in [5.41, 5.74) is 0. The van der Waals surface area contributed by atoms with Crippen molar-refractivity contribution in [3.63, 3.8) is 0 Å². The molecule has 0 aliphatic carbocycles. The third-order valence-corrected chi connectivity index (χ3v) is 3.14. The zero-order valence-corrected chi connectivity index (χ0v) is 12.8. The molecule has 110 valence electrons. The third kappa shape index (κ3) is 9.83. The van der Waals surface area contributed by atoms with Crippen LogP contribution in [0.2, 0.25) is 0 Å². The van der Waals surface area contributed by atoms with E-state index in [-0.39, 0.29) is 0 Å². The predicted molar refractivity (Wildman–Crippen MR) is 77.2 cm³/mol. The monoisotopic (exact) mass is 260 g/mol. The first-order chi connectivity index (χ1) is 8.78. The maximum Gasteiger partial charge on any atom is 0.0593 e. The average molecular weight is 260 g/mol. The van der Waals surface area contributed by atoms with Gasteiger partial charge in [0.2, 0.25) is 0 Å². The minimum absolute atomic E-state index is 0.801. The summed E-state index contributed by atoms with van der Waals surface area (Å²) in [7, 11) is 0. The molecule has 4 heteroatoms. The van der Waals surface area contributed by atoms with E-state index in [1.54, 1.807) is 0 Å². The van der Waals surface area contributed by atoms with Gasteiger partial charge in [0.15, 0.2) is 0 Å². The van der Waals surface area contributed by atoms with E-state index in [1.165, 1.54) is 0 Å². The molecule has 0 fully saturated rings. The summed E-state index contributed by atoms with van der Waals surface area (Å²) < 4.78 is 10.9. The van der Waals surface area contributed by atoms with Crippen molar-refractivity contribution < 1.29 is 9.47 Å². The van der Waals surface area contributed by atoms with E-state index in [4.69, 9.17) is 9.47 Å². The number of likely N-dealkylation sites (N-methyl/N-ethyl adjacent to an activating group) is 1. The van der Waals surface area contributed by atoms with Crippen LogP contribution in [0.5, 0.6) is 0 Å². The lowest BCUT2D eigenvalue weighted by molar-refractivity contribution is 0.0780. The summed E-state index contributed by atoms with van der Waals surface area (Å²) in [6.07, 6.45) is 0. The number of ether oxygens (including phenoxy) is 2. The highest BCUT2D eigenvalue weighted by atomic mass is 16.5. The Bertz CT molecular complexity index is 154. The number of hydrogen-bond donors (Lipinski definition) is 0. The Morgan fingerprint density at radius 1 is 0.611 bits per heavy atom. The molecule has 0 rings (SSSR count). The standard InChI is InChI=1S/C14H32N2O2/c1-5-15(6-2)9-10-16(11-13-17-7-3)12-14-18-8-4/h5-14H2,1-4H3. The zero-order chi connectivity index (χ0) is 13.6. The molecule has 0 bridgehead atoms. The number of rotatable bonds is 13. The summed E-state index contributed by atoms with van der Waals surface area (Å²) in [6, 6.07) is 0. The molecule has 0 unspecified atom stereocenters. The minimum Gasteiger partial charge on any atom is -0.380 e. The quantitative estimate of drug-likeness (QED) is 0.471. The van der Waals surface area contributed by atoms with Gasteiger partial charge in [-0.15, -0.1) is 0 Å². The molecule has 0 heterocycles. The highest BCUT2D eigenvalue weighted by Gasteiger charge is 2.07. The van der Waals surface area contributed by atoms with Gasteiger partial charge < -0.3 is 14.4 Å². The molecule has 18 heavy (non-hydrogen) atoms. The Kier molecular flexibility index (Phi) is 13.2. The average Bonchev–Trinajstić information content (AvgIpc) is 2.39. The molecule has 0 N–H and O–H groups in total. The third-order valence-electron chi connectivity index (χ3n) is 3.14. The van der Waals surface area contributed by atoms with Crippen LogP contribution in [0, 0.1) is 0 Å². The van der Waals surface area contributed by atoms with E-state index in [1.807, 2.05) is 13.8 Å². The van der Waals surface area contributed by atoms with Crippen molar-refractivity contribution in [2.75, 3.05) is 65.7 Å². The lowest BCUT2D eigenvalue weighted by Crippen LogP contribution is -2.38. The van der Waals surface area contributed by atoms with Crippen LogP contribution in [0.4, 0.5) is 0 Å². The smallest absolute Gasteiger partial charge is 0.0593 e. The highest BCUT2D eigenvalue weighted by molar-refractivity contribution is 4.61. The van der Waals surface area contributed by atoms with E-state index in [0.717, 1.165) is 65.7 Å². The van der Waals surface area contributed by atoms with Crippen LogP contribution in [-0.4, -0.2) is 75.5 Å². The maximum atomic E-state index is 5.43. The molecule has 0 aromatic carbocycles. The van der Waals surface area contributed by atoms with Gasteiger partial charge in [-0.25, -0.2) is 0 Å². The first kappa shape index (κ1) is 17.8. The van der Waals surface area contributed by atoms with Crippen molar-refractivity contribution in [2.24, 2.45) is 0 Å². The van der Waals surface area contributed by atoms with Gasteiger partial charge in [0.05, 0.1) is 13.2 Å². The molecule has 0 saturated carbocycles. The van der Waals surface area contributed by atoms with Gasteiger partial charge in [0.1, 0.15) is 0 Å². The van der Waals surface area contributed by atoms with Crippen LogP contribution in [-0.2, 0) is 9.47 Å². The van der Waals surface area contributed by atoms with E-state index < -0.39 is 0 Å². The van der Waals surface area contributed by atoms with Crippen LogP contribution in [0.25, 0.3) is 0 Å². The maximum absolute atomic E-state index is 5.43. The molecule has 0 aromatic heterocycles. The van der Waals surface area contributed by atoms with Crippen molar-refractivity contribution in [2.45, 2.75) is 27.7 Å². The van der Waals surface area contributed by atoms with Crippen molar-refractivity contribution in [3.05, 3.63) is 0 Å². The summed E-state index contributed by atoms with van der Waals surface area (Å²) >= 11 is 0. The van der Waals surface area contributed by atoms with Gasteiger partial charge in [-0.05, 0) is 26.9 Å². The fraction of sp³-hybridized carbons (Fsp3) is 1.00. The van der Waals surface area contributed by atoms with Crippen LogP contribution in [0.3, 0.4) is 0 Å². The van der Waals surface area contributed by atoms with Crippen molar-refractivity contribution >= 4 is 0 Å². The van der Waals surface area contributed by atoms with Crippen LogP contribution >= 0.6 is 0 Å². The fourth-order valence-corrected chi connectivity index (χ4v) is 1.83. The molecule has 0 spiro atoms. The van der Waals surface area contributed by atoms with Gasteiger partial charge >= 0.3 is 0 Å². The Hall–Kier alpha value is -0.160. The van der Waals surface area contributed by atoms with Crippen LogP contribution in [0.1, 0.15) is 27.7 Å². The molecular weight excluding hydrogens is 228 g/mol. The second-order valence-electron chi connectivity index (χ2n) is 4.26. The Morgan fingerprint density at radius 2 is 1.06 bits per heavy atom. The second kappa shape index (κ2) is 13.3. The molecule has 0 amide bonds. The molecule has 0 atom stereocenters. The normalized spacial score (nSPS) is 11.7. The molecule has 0 aromatic rings. The minimum atomic E-state index is 0.801. The molecule has 0 saturated heterocycles. The zero-order valence-electron chi connectivity index (χ0n) is 12.8. The number of hydrogen-bond acceptors (Lipinski definition) is 4. The Labute approximate surface area is 113 Å². The predicted octanol–water partition coefficient (Wildman–Crippen LogP) is 1.70. The lowest BCUT2D eigenvalue weighted by atomic mass is 10.4. The molecule has 4 nitrogen and oxygen atoms in total. The second-order valence-corrected chi connectivity index (χ2v) is 4.26.